The van der Waals surface area contributed by atoms with Gasteiger partial charge in [0.05, 0.1) is 11.8 Å². The summed E-state index contributed by atoms with van der Waals surface area (Å²) >= 11 is 0. The van der Waals surface area contributed by atoms with E-state index in [4.69, 9.17) is 11.1 Å². The first-order chi connectivity index (χ1) is 8.00. The van der Waals surface area contributed by atoms with Crippen molar-refractivity contribution in [3.05, 3.63) is 29.3 Å². The molecule has 4 N–H and O–H groups in total. The van der Waals surface area contributed by atoms with Crippen LogP contribution in [0.4, 0.5) is 18.9 Å². The average molecular weight is 281 g/mol. The monoisotopic (exact) mass is 281 g/mol. The minimum atomic E-state index is -4.73. The number of rotatable bonds is 3. The molecule has 0 aromatic heterocycles. The minimum Gasteiger partial charge on any atom is -0.384 e. The lowest BCUT2D eigenvalue weighted by Gasteiger charge is -2.14. The highest BCUT2D eigenvalue weighted by Gasteiger charge is 2.34. The van der Waals surface area contributed by atoms with Crippen LogP contribution in [0.5, 0.6) is 0 Å². The molecule has 0 aliphatic rings. The number of sulfonamides is 1. The van der Waals surface area contributed by atoms with Crippen LogP contribution in [0.15, 0.2) is 18.2 Å². The topological polar surface area (TPSA) is 96.0 Å². The van der Waals surface area contributed by atoms with Crippen molar-refractivity contribution >= 4 is 21.5 Å². The molecule has 0 amide bonds. The Kier molecular flexibility index (Phi) is 3.56. The zero-order chi connectivity index (χ0) is 14.1. The Bertz CT molecular complexity index is 581. The van der Waals surface area contributed by atoms with Gasteiger partial charge in [-0.25, -0.2) is 8.42 Å². The highest BCUT2D eigenvalue weighted by atomic mass is 32.2. The first-order valence-electron chi connectivity index (χ1n) is 4.54. The fraction of sp³-hybridized carbons (Fsp3) is 0.222. The maximum Gasteiger partial charge on any atom is 0.417 e. The fourth-order valence-electron chi connectivity index (χ4n) is 1.29. The molecular formula is C9H10F3N3O2S. The van der Waals surface area contributed by atoms with Gasteiger partial charge in [-0.3, -0.25) is 10.1 Å². The third-order valence-corrected chi connectivity index (χ3v) is 2.52. The Hall–Kier alpha value is -1.77. The van der Waals surface area contributed by atoms with Gasteiger partial charge in [-0.05, 0) is 18.2 Å². The number of nitrogen functional groups attached to an aromatic ring is 1. The molecule has 0 aliphatic heterocycles. The molecule has 0 unspecified atom stereocenters. The molecule has 0 saturated heterocycles. The lowest BCUT2D eigenvalue weighted by atomic mass is 10.1. The van der Waals surface area contributed by atoms with Gasteiger partial charge in [0.1, 0.15) is 5.84 Å². The van der Waals surface area contributed by atoms with Crippen molar-refractivity contribution in [2.75, 3.05) is 11.0 Å². The smallest absolute Gasteiger partial charge is 0.384 e. The summed E-state index contributed by atoms with van der Waals surface area (Å²) in [6, 6.07) is 2.64. The van der Waals surface area contributed by atoms with Crippen LogP contribution < -0.4 is 10.5 Å². The number of anilines is 1. The number of nitrogens with one attached hydrogen (secondary N) is 2. The first kappa shape index (κ1) is 14.3. The van der Waals surface area contributed by atoms with E-state index >= 15 is 0 Å². The van der Waals surface area contributed by atoms with E-state index in [1.807, 2.05) is 4.72 Å². The summed E-state index contributed by atoms with van der Waals surface area (Å²) < 4.78 is 61.8. The van der Waals surface area contributed by atoms with Gasteiger partial charge in [0, 0.05) is 11.3 Å². The van der Waals surface area contributed by atoms with Gasteiger partial charge in [-0.1, -0.05) is 0 Å². The molecule has 5 nitrogen and oxygen atoms in total. The maximum absolute atomic E-state index is 12.7. The van der Waals surface area contributed by atoms with Crippen LogP contribution >= 0.6 is 0 Å². The Balaban J connectivity index is 3.35. The molecule has 1 aromatic carbocycles. The molecule has 0 heterocycles. The van der Waals surface area contributed by atoms with Crippen LogP contribution in [0.2, 0.25) is 0 Å². The van der Waals surface area contributed by atoms with Crippen molar-refractivity contribution < 1.29 is 21.6 Å². The van der Waals surface area contributed by atoms with E-state index in [0.29, 0.717) is 6.07 Å². The van der Waals surface area contributed by atoms with E-state index in [-0.39, 0.29) is 5.69 Å². The summed E-state index contributed by atoms with van der Waals surface area (Å²) in [5.74, 6) is -0.742. The van der Waals surface area contributed by atoms with Crippen molar-refractivity contribution in [3.8, 4) is 0 Å². The van der Waals surface area contributed by atoms with E-state index < -0.39 is 33.2 Å². The zero-order valence-corrected chi connectivity index (χ0v) is 9.98. The van der Waals surface area contributed by atoms with Crippen LogP contribution in [0.3, 0.4) is 0 Å². The van der Waals surface area contributed by atoms with Gasteiger partial charge in [-0.2, -0.15) is 13.2 Å². The van der Waals surface area contributed by atoms with Gasteiger partial charge in [-0.15, -0.1) is 0 Å². The normalized spacial score (nSPS) is 12.2. The van der Waals surface area contributed by atoms with E-state index in [0.717, 1.165) is 18.4 Å². The standard InChI is InChI=1S/C9H10F3N3O2S/c1-18(16,17)15-5-2-3-6(8(13)14)7(4-5)9(10,11)12/h2-4,15H,1H3,(H3,13,14). The van der Waals surface area contributed by atoms with E-state index in [1.54, 1.807) is 0 Å². The summed E-state index contributed by atoms with van der Waals surface area (Å²) in [4.78, 5) is 0. The van der Waals surface area contributed by atoms with Gasteiger partial charge in [0.15, 0.2) is 0 Å². The lowest BCUT2D eigenvalue weighted by molar-refractivity contribution is -0.137. The molecule has 0 bridgehead atoms. The van der Waals surface area contributed by atoms with Crippen LogP contribution in [-0.4, -0.2) is 20.5 Å². The van der Waals surface area contributed by atoms with Crippen molar-refractivity contribution in [1.82, 2.24) is 0 Å². The highest BCUT2D eigenvalue weighted by molar-refractivity contribution is 7.92. The van der Waals surface area contributed by atoms with Gasteiger partial charge < -0.3 is 5.73 Å². The summed E-state index contributed by atoms with van der Waals surface area (Å²) in [6.45, 7) is 0. The zero-order valence-electron chi connectivity index (χ0n) is 9.17. The molecule has 0 fully saturated rings. The molecule has 1 aromatic rings. The van der Waals surface area contributed by atoms with Crippen molar-refractivity contribution in [2.45, 2.75) is 6.18 Å². The third kappa shape index (κ3) is 3.62. The molecule has 9 heteroatoms. The van der Waals surface area contributed by atoms with Gasteiger partial charge in [0.25, 0.3) is 0 Å². The molecule has 0 radical (unpaired) electrons. The number of hydrogen-bond acceptors (Lipinski definition) is 3. The molecule has 0 atom stereocenters. The summed E-state index contributed by atoms with van der Waals surface area (Å²) in [5.41, 5.74) is 3.13. The Labute approximate surface area is 101 Å². The fourth-order valence-corrected chi connectivity index (χ4v) is 1.85. The SMILES string of the molecule is CS(=O)(=O)Nc1ccc(C(=N)N)c(C(F)(F)F)c1. The number of alkyl halides is 3. The maximum atomic E-state index is 12.7. The van der Waals surface area contributed by atoms with Crippen molar-refractivity contribution in [1.29, 1.82) is 5.41 Å². The lowest BCUT2D eigenvalue weighted by Crippen LogP contribution is -2.19. The summed E-state index contributed by atoms with van der Waals surface area (Å²) in [5, 5.41) is 7.05. The number of nitrogens with two attached hydrogens (primary N) is 1. The van der Waals surface area contributed by atoms with Crippen LogP contribution in [0, 0.1) is 5.41 Å². The molecule has 1 rings (SSSR count). The van der Waals surface area contributed by atoms with Gasteiger partial charge in [0.2, 0.25) is 10.0 Å². The number of halogens is 3. The van der Waals surface area contributed by atoms with E-state index in [9.17, 15) is 21.6 Å². The van der Waals surface area contributed by atoms with E-state index in [2.05, 4.69) is 0 Å². The molecule has 18 heavy (non-hydrogen) atoms. The molecule has 0 saturated carbocycles. The largest absolute Gasteiger partial charge is 0.417 e. The second-order valence-corrected chi connectivity index (χ2v) is 5.29. The second-order valence-electron chi connectivity index (χ2n) is 3.55. The summed E-state index contributed by atoms with van der Waals surface area (Å²) in [6.07, 6.45) is -3.91. The average Bonchev–Trinajstić information content (AvgIpc) is 2.13. The first-order valence-corrected chi connectivity index (χ1v) is 6.43. The van der Waals surface area contributed by atoms with Crippen LogP contribution in [0.1, 0.15) is 11.1 Å². The van der Waals surface area contributed by atoms with E-state index in [1.165, 1.54) is 0 Å². The Morgan fingerprint density at radius 3 is 2.33 bits per heavy atom. The second kappa shape index (κ2) is 4.48. The number of amidine groups is 1. The van der Waals surface area contributed by atoms with Gasteiger partial charge >= 0.3 is 6.18 Å². The highest BCUT2D eigenvalue weighted by Crippen LogP contribution is 2.33. The predicted molar refractivity (Wildman–Crippen MR) is 60.9 cm³/mol. The number of benzene rings is 1. The van der Waals surface area contributed by atoms with Crippen LogP contribution in [0.25, 0.3) is 0 Å². The molecule has 0 aliphatic carbocycles. The third-order valence-electron chi connectivity index (χ3n) is 1.92. The van der Waals surface area contributed by atoms with Crippen LogP contribution in [-0.2, 0) is 16.2 Å². The summed E-state index contributed by atoms with van der Waals surface area (Å²) in [7, 11) is -3.67. The minimum absolute atomic E-state index is 0.241. The molecule has 0 spiro atoms. The Morgan fingerprint density at radius 2 is 1.94 bits per heavy atom. The van der Waals surface area contributed by atoms with Crippen molar-refractivity contribution in [2.24, 2.45) is 5.73 Å². The molecule has 100 valence electrons. The predicted octanol–water partition coefficient (Wildman–Crippen LogP) is 1.36. The molecular weight excluding hydrogens is 271 g/mol. The number of hydrogen-bond donors (Lipinski definition) is 3. The van der Waals surface area contributed by atoms with Crippen molar-refractivity contribution in [3.63, 3.8) is 0 Å². The Morgan fingerprint density at radius 1 is 1.39 bits per heavy atom. The quantitative estimate of drug-likeness (QED) is 0.576.